The van der Waals surface area contributed by atoms with E-state index in [4.69, 9.17) is 16.9 Å². The minimum atomic E-state index is -0.445. The van der Waals surface area contributed by atoms with Crippen molar-refractivity contribution in [2.75, 3.05) is 0 Å². The number of pyridine rings is 1. The van der Waals surface area contributed by atoms with Gasteiger partial charge in [-0.25, -0.2) is 14.1 Å². The van der Waals surface area contributed by atoms with Crippen molar-refractivity contribution >= 4 is 28.4 Å². The van der Waals surface area contributed by atoms with Gasteiger partial charge < -0.3 is 5.32 Å². The van der Waals surface area contributed by atoms with Gasteiger partial charge in [0, 0.05) is 34.8 Å². The highest BCUT2D eigenvalue weighted by atomic mass is 35.5. The van der Waals surface area contributed by atoms with Gasteiger partial charge in [0.15, 0.2) is 5.69 Å². The molecule has 1 amide bonds. The zero-order valence-electron chi connectivity index (χ0n) is 17.5. The van der Waals surface area contributed by atoms with E-state index in [1.54, 1.807) is 55.0 Å². The molecule has 0 aliphatic rings. The van der Waals surface area contributed by atoms with Gasteiger partial charge in [-0.15, -0.1) is 0 Å². The molecule has 0 bridgehead atoms. The van der Waals surface area contributed by atoms with Crippen LogP contribution in [0.25, 0.3) is 27.7 Å². The third-order valence-electron chi connectivity index (χ3n) is 5.31. The number of hydrogen-bond donors (Lipinski definition) is 2. The van der Waals surface area contributed by atoms with Crippen LogP contribution >= 0.6 is 11.6 Å². The van der Waals surface area contributed by atoms with Gasteiger partial charge in [0.05, 0.1) is 34.8 Å². The largest absolute Gasteiger partial charge is 0.348 e. The Morgan fingerprint density at radius 3 is 2.82 bits per heavy atom. The van der Waals surface area contributed by atoms with Crippen molar-refractivity contribution in [1.29, 1.82) is 5.26 Å². The summed E-state index contributed by atoms with van der Waals surface area (Å²) in [5.41, 5.74) is 3.67. The minimum Gasteiger partial charge on any atom is -0.348 e. The van der Waals surface area contributed by atoms with Gasteiger partial charge in [0.2, 0.25) is 0 Å². The zero-order valence-corrected chi connectivity index (χ0v) is 18.2. The number of carbonyl (C=O) groups is 1. The second kappa shape index (κ2) is 8.77. The van der Waals surface area contributed by atoms with Crippen LogP contribution in [0.15, 0.2) is 67.3 Å². The topological polar surface area (TPSA) is 112 Å². The Bertz CT molecular complexity index is 1580. The van der Waals surface area contributed by atoms with Crippen LogP contribution in [0.4, 0.5) is 4.39 Å². The number of H-pyrrole nitrogens is 1. The molecule has 2 N–H and O–H groups in total. The summed E-state index contributed by atoms with van der Waals surface area (Å²) in [6.45, 7) is 0.0447. The van der Waals surface area contributed by atoms with Gasteiger partial charge in [0.25, 0.3) is 5.91 Å². The molecule has 0 spiro atoms. The number of nitrogens with zero attached hydrogens (tertiary/aromatic N) is 5. The number of carbonyl (C=O) groups excluding carboxylic acids is 1. The first-order valence-electron chi connectivity index (χ1n) is 10.1. The number of amides is 1. The summed E-state index contributed by atoms with van der Waals surface area (Å²) in [5.74, 6) is -0.749. The quantitative estimate of drug-likeness (QED) is 0.394. The van der Waals surface area contributed by atoms with Crippen molar-refractivity contribution in [3.8, 4) is 22.9 Å². The molecule has 0 aliphatic heterocycles. The molecule has 166 valence electrons. The fourth-order valence-corrected chi connectivity index (χ4v) is 3.68. The average molecular weight is 472 g/mol. The minimum absolute atomic E-state index is 0.0447. The third-order valence-corrected chi connectivity index (χ3v) is 5.60. The summed E-state index contributed by atoms with van der Waals surface area (Å²) in [7, 11) is 0. The molecular formula is C24H15ClFN7O. The van der Waals surface area contributed by atoms with E-state index in [1.807, 2.05) is 6.07 Å². The van der Waals surface area contributed by atoms with Crippen LogP contribution in [0.2, 0.25) is 5.02 Å². The Morgan fingerprint density at radius 2 is 2.03 bits per heavy atom. The van der Waals surface area contributed by atoms with Crippen molar-refractivity contribution in [2.24, 2.45) is 0 Å². The maximum atomic E-state index is 14.8. The van der Waals surface area contributed by atoms with Crippen molar-refractivity contribution in [3.63, 3.8) is 0 Å². The van der Waals surface area contributed by atoms with E-state index < -0.39 is 5.82 Å². The lowest BCUT2D eigenvalue weighted by Crippen LogP contribution is -2.23. The van der Waals surface area contributed by atoms with E-state index in [0.717, 1.165) is 10.9 Å². The first-order chi connectivity index (χ1) is 16.5. The van der Waals surface area contributed by atoms with Gasteiger partial charge in [-0.1, -0.05) is 23.7 Å². The smallest absolute Gasteiger partial charge is 0.251 e. The third kappa shape index (κ3) is 4.10. The number of aromatic amines is 1. The van der Waals surface area contributed by atoms with Crippen molar-refractivity contribution < 1.29 is 9.18 Å². The highest BCUT2D eigenvalue weighted by Crippen LogP contribution is 2.24. The molecule has 0 radical (unpaired) electrons. The molecule has 3 aromatic heterocycles. The number of halogens is 2. The van der Waals surface area contributed by atoms with E-state index in [2.05, 4.69) is 25.6 Å². The molecule has 0 unspecified atom stereocenters. The summed E-state index contributed by atoms with van der Waals surface area (Å²) >= 11 is 6.04. The van der Waals surface area contributed by atoms with Crippen LogP contribution in [0.5, 0.6) is 0 Å². The predicted octanol–water partition coefficient (Wildman–Crippen LogP) is 4.40. The molecule has 5 rings (SSSR count). The van der Waals surface area contributed by atoms with E-state index in [1.165, 1.54) is 16.9 Å². The first kappa shape index (κ1) is 21.3. The van der Waals surface area contributed by atoms with Gasteiger partial charge in [-0.3, -0.25) is 9.89 Å². The molecule has 0 saturated carbocycles. The van der Waals surface area contributed by atoms with E-state index in [9.17, 15) is 9.18 Å². The van der Waals surface area contributed by atoms with Crippen LogP contribution in [-0.4, -0.2) is 30.9 Å². The second-order valence-corrected chi connectivity index (χ2v) is 7.88. The summed E-state index contributed by atoms with van der Waals surface area (Å²) < 4.78 is 16.3. The molecule has 5 aromatic rings. The number of hydrogen-bond acceptors (Lipinski definition) is 5. The number of aromatic nitrogens is 5. The predicted molar refractivity (Wildman–Crippen MR) is 124 cm³/mol. The lowest BCUT2D eigenvalue weighted by Gasteiger charge is -2.08. The van der Waals surface area contributed by atoms with Gasteiger partial charge in [0.1, 0.15) is 11.9 Å². The number of fused-ring (bicyclic) bond motifs is 1. The van der Waals surface area contributed by atoms with Gasteiger partial charge >= 0.3 is 0 Å². The van der Waals surface area contributed by atoms with E-state index in [-0.39, 0.29) is 23.2 Å². The molecular weight excluding hydrogens is 457 g/mol. The van der Waals surface area contributed by atoms with Crippen LogP contribution in [0.3, 0.4) is 0 Å². The van der Waals surface area contributed by atoms with Crippen LogP contribution in [-0.2, 0) is 6.54 Å². The summed E-state index contributed by atoms with van der Waals surface area (Å²) in [6.07, 6.45) is 6.42. The van der Waals surface area contributed by atoms with Crippen LogP contribution < -0.4 is 5.32 Å². The molecule has 8 nitrogen and oxygen atoms in total. The summed E-state index contributed by atoms with van der Waals surface area (Å²) in [5, 5.41) is 23.8. The lowest BCUT2D eigenvalue weighted by molar-refractivity contribution is 0.0950. The van der Waals surface area contributed by atoms with Gasteiger partial charge in [-0.2, -0.15) is 15.5 Å². The second-order valence-electron chi connectivity index (χ2n) is 7.47. The molecule has 3 heterocycles. The number of nitriles is 1. The van der Waals surface area contributed by atoms with Crippen LogP contribution in [0.1, 0.15) is 21.6 Å². The van der Waals surface area contributed by atoms with Gasteiger partial charge in [-0.05, 0) is 35.9 Å². The molecule has 0 aliphatic carbocycles. The SMILES string of the molecule is N#Cc1ncc(-n2cc(-c3ccc(CNC(=O)c4ccc5[nH]ncc5c4)c(F)c3)cn2)cc1Cl. The lowest BCUT2D eigenvalue weighted by atomic mass is 10.1. The fourth-order valence-electron chi connectivity index (χ4n) is 3.48. The Balaban J connectivity index is 1.29. The maximum absolute atomic E-state index is 14.8. The number of rotatable bonds is 5. The van der Waals surface area contributed by atoms with Crippen molar-refractivity contribution in [3.05, 3.63) is 94.9 Å². The molecule has 0 saturated heterocycles. The monoisotopic (exact) mass is 471 g/mol. The Labute approximate surface area is 197 Å². The highest BCUT2D eigenvalue weighted by molar-refractivity contribution is 6.31. The molecule has 0 fully saturated rings. The Morgan fingerprint density at radius 1 is 1.15 bits per heavy atom. The molecule has 10 heteroatoms. The molecule has 0 atom stereocenters. The zero-order chi connectivity index (χ0) is 23.7. The first-order valence-corrected chi connectivity index (χ1v) is 10.5. The van der Waals surface area contributed by atoms with Crippen molar-refractivity contribution in [2.45, 2.75) is 6.54 Å². The van der Waals surface area contributed by atoms with Crippen LogP contribution in [0, 0.1) is 17.1 Å². The number of nitrogens with one attached hydrogen (secondary N) is 2. The number of benzene rings is 2. The van der Waals surface area contributed by atoms with Crippen molar-refractivity contribution in [1.82, 2.24) is 30.3 Å². The molecule has 34 heavy (non-hydrogen) atoms. The Kier molecular flexibility index (Phi) is 5.49. The standard InChI is InChI=1S/C24H15ClFN7O/c25-20-7-19(12-28-23(20)8-27)33-13-18(11-31-33)14-1-2-16(21(26)6-14)9-29-24(34)15-3-4-22-17(5-15)10-30-32-22/h1-7,10-13H,9H2,(H,29,34)(H,30,32). The summed E-state index contributed by atoms with van der Waals surface area (Å²) in [4.78, 5) is 16.5. The Hall–Kier alpha value is -4.55. The van der Waals surface area contributed by atoms with E-state index in [0.29, 0.717) is 27.9 Å². The van der Waals surface area contributed by atoms with E-state index >= 15 is 0 Å². The average Bonchev–Trinajstić information content (AvgIpc) is 3.52. The fraction of sp³-hybridized carbons (Fsp3) is 0.0417. The normalized spacial score (nSPS) is 10.9. The summed E-state index contributed by atoms with van der Waals surface area (Å²) in [6, 6.07) is 13.4. The highest BCUT2D eigenvalue weighted by Gasteiger charge is 2.12. The molecule has 2 aromatic carbocycles. The maximum Gasteiger partial charge on any atom is 0.251 e.